The van der Waals surface area contributed by atoms with E-state index in [0.29, 0.717) is 29.7 Å². The minimum absolute atomic E-state index is 0.0518. The molecule has 33 heavy (non-hydrogen) atoms. The Hall–Kier alpha value is -2.89. The molecule has 1 N–H and O–H groups in total. The van der Waals surface area contributed by atoms with E-state index in [1.54, 1.807) is 0 Å². The van der Waals surface area contributed by atoms with Crippen molar-refractivity contribution in [2.75, 3.05) is 38.7 Å². The van der Waals surface area contributed by atoms with Crippen molar-refractivity contribution in [3.05, 3.63) is 54.2 Å². The Morgan fingerprint density at radius 3 is 2.33 bits per heavy atom. The fraction of sp³-hybridized carbons (Fsp3) is 0.318. The smallest absolute Gasteiger partial charge is 0.406 e. The predicted molar refractivity (Wildman–Crippen MR) is 118 cm³/mol. The molecule has 1 fully saturated rings. The lowest BCUT2D eigenvalue weighted by Gasteiger charge is -2.33. The number of nitrogens with zero attached hydrogens (tertiary/aromatic N) is 3. The second-order valence-corrected chi connectivity index (χ2v) is 9.86. The first-order chi connectivity index (χ1) is 15.5. The van der Waals surface area contributed by atoms with Gasteiger partial charge in [-0.15, -0.1) is 13.2 Å². The van der Waals surface area contributed by atoms with Crippen LogP contribution in [0.15, 0.2) is 58.5 Å². The van der Waals surface area contributed by atoms with Gasteiger partial charge in [-0.3, -0.25) is 4.98 Å². The van der Waals surface area contributed by atoms with Gasteiger partial charge in [0.25, 0.3) is 0 Å². The predicted octanol–water partition coefficient (Wildman–Crippen LogP) is 3.85. The second kappa shape index (κ2) is 8.81. The van der Waals surface area contributed by atoms with E-state index in [1.807, 2.05) is 37.2 Å². The zero-order valence-corrected chi connectivity index (χ0v) is 18.9. The summed E-state index contributed by atoms with van der Waals surface area (Å²) in [6, 6.07) is 9.72. The zero-order valence-electron chi connectivity index (χ0n) is 18.1. The highest BCUT2D eigenvalue weighted by Gasteiger charge is 2.31. The third kappa shape index (κ3) is 5.21. The summed E-state index contributed by atoms with van der Waals surface area (Å²) in [7, 11) is -2.08. The fourth-order valence-electron chi connectivity index (χ4n) is 3.63. The number of fused-ring (bicyclic) bond motifs is 1. The van der Waals surface area contributed by atoms with Crippen LogP contribution < -0.4 is 10.2 Å². The summed E-state index contributed by atoms with van der Waals surface area (Å²) < 4.78 is 68.2. The Bertz CT molecular complexity index is 1260. The van der Waals surface area contributed by atoms with Crippen molar-refractivity contribution in [3.63, 3.8) is 0 Å². The highest BCUT2D eigenvalue weighted by Crippen LogP contribution is 2.35. The largest absolute Gasteiger partial charge is 0.573 e. The molecule has 1 aromatic heterocycles. The summed E-state index contributed by atoms with van der Waals surface area (Å²) in [5.74, 6) is -0.496. The van der Waals surface area contributed by atoms with Crippen LogP contribution >= 0.6 is 0 Å². The van der Waals surface area contributed by atoms with Crippen LogP contribution in [-0.4, -0.2) is 62.9 Å². The Morgan fingerprint density at radius 2 is 1.70 bits per heavy atom. The van der Waals surface area contributed by atoms with Gasteiger partial charge in [-0.1, -0.05) is 11.6 Å². The number of sulfone groups is 1. The van der Waals surface area contributed by atoms with E-state index < -0.39 is 21.9 Å². The molecule has 1 saturated heterocycles. The lowest BCUT2D eigenvalue weighted by Crippen LogP contribution is -2.47. The number of alkyl halides is 3. The standard InChI is InChI=1S/C22H23F3N4O3S/c1-15-3-8-19-18(13-15)21(27-29-11-9-28(2)10-12-29)20(14-26-19)33(30,31)17-6-4-16(5-7-17)32-22(23,24)25/h3-8,13-14H,9-12H2,1-2H3,(H,26,27). The Kier molecular flexibility index (Phi) is 6.21. The number of pyridine rings is 1. The minimum atomic E-state index is -4.86. The molecule has 0 atom stereocenters. The van der Waals surface area contributed by atoms with Crippen molar-refractivity contribution in [1.82, 2.24) is 14.9 Å². The third-order valence-electron chi connectivity index (χ3n) is 5.42. The van der Waals surface area contributed by atoms with E-state index in [-0.39, 0.29) is 9.79 Å². The molecule has 0 spiro atoms. The Morgan fingerprint density at radius 1 is 1.03 bits per heavy atom. The lowest BCUT2D eigenvalue weighted by atomic mass is 10.1. The van der Waals surface area contributed by atoms with E-state index in [4.69, 9.17) is 0 Å². The van der Waals surface area contributed by atoms with Crippen LogP contribution in [0.2, 0.25) is 0 Å². The first kappa shape index (κ1) is 23.3. The SMILES string of the molecule is Cc1ccc2ncc(S(=O)(=O)c3ccc(OC(F)(F)F)cc3)c(NN3CCN(C)CC3)c2c1. The Balaban J connectivity index is 1.77. The molecule has 0 bridgehead atoms. The summed E-state index contributed by atoms with van der Waals surface area (Å²) in [6.07, 6.45) is -3.58. The van der Waals surface area contributed by atoms with Gasteiger partial charge >= 0.3 is 6.36 Å². The van der Waals surface area contributed by atoms with Gasteiger partial charge < -0.3 is 15.1 Å². The van der Waals surface area contributed by atoms with Crippen LogP contribution in [0.4, 0.5) is 18.9 Å². The molecule has 0 radical (unpaired) electrons. The summed E-state index contributed by atoms with van der Waals surface area (Å²) in [6.45, 7) is 4.92. The molecule has 4 rings (SSSR count). The molecule has 7 nitrogen and oxygen atoms in total. The topological polar surface area (TPSA) is 74.8 Å². The molecular formula is C22H23F3N4O3S. The number of halogens is 3. The quantitative estimate of drug-likeness (QED) is 0.595. The maximum atomic E-state index is 13.5. The number of ether oxygens (including phenoxy) is 1. The number of aromatic nitrogens is 1. The number of benzene rings is 2. The van der Waals surface area contributed by atoms with E-state index >= 15 is 0 Å². The fourth-order valence-corrected chi connectivity index (χ4v) is 5.00. The summed E-state index contributed by atoms with van der Waals surface area (Å²) in [5.41, 5.74) is 5.23. The zero-order chi connectivity index (χ0) is 23.8. The molecule has 11 heteroatoms. The highest BCUT2D eigenvalue weighted by atomic mass is 32.2. The number of rotatable bonds is 5. The molecule has 2 aromatic carbocycles. The molecule has 176 valence electrons. The van der Waals surface area contributed by atoms with Crippen LogP contribution in [0.3, 0.4) is 0 Å². The number of nitrogens with one attached hydrogen (secondary N) is 1. The van der Waals surface area contributed by atoms with E-state index in [0.717, 1.165) is 42.9 Å². The number of hydrazine groups is 1. The van der Waals surface area contributed by atoms with Crippen molar-refractivity contribution < 1.29 is 26.3 Å². The number of hydrogen-bond donors (Lipinski definition) is 1. The van der Waals surface area contributed by atoms with Crippen molar-refractivity contribution >= 4 is 26.4 Å². The molecule has 1 aliphatic rings. The molecule has 2 heterocycles. The second-order valence-electron chi connectivity index (χ2n) is 7.94. The lowest BCUT2D eigenvalue weighted by molar-refractivity contribution is -0.274. The van der Waals surface area contributed by atoms with Crippen molar-refractivity contribution in [2.24, 2.45) is 0 Å². The van der Waals surface area contributed by atoms with Crippen LogP contribution in [0, 0.1) is 6.92 Å². The molecule has 3 aromatic rings. The van der Waals surface area contributed by atoms with Gasteiger partial charge in [0, 0.05) is 37.8 Å². The average Bonchev–Trinajstić information content (AvgIpc) is 2.74. The molecule has 0 amide bonds. The van der Waals surface area contributed by atoms with Gasteiger partial charge in [0.05, 0.1) is 16.1 Å². The summed E-state index contributed by atoms with van der Waals surface area (Å²) in [5, 5.41) is 2.60. The van der Waals surface area contributed by atoms with Crippen LogP contribution in [0.1, 0.15) is 5.56 Å². The van der Waals surface area contributed by atoms with E-state index in [2.05, 4.69) is 20.0 Å². The molecule has 1 aliphatic heterocycles. The van der Waals surface area contributed by atoms with Gasteiger partial charge in [-0.05, 0) is 50.4 Å². The molecule has 0 unspecified atom stereocenters. The normalized spacial score (nSPS) is 16.2. The van der Waals surface area contributed by atoms with Gasteiger partial charge in [-0.25, -0.2) is 13.4 Å². The van der Waals surface area contributed by atoms with Crippen LogP contribution in [0.25, 0.3) is 10.9 Å². The maximum absolute atomic E-state index is 13.5. The first-order valence-corrected chi connectivity index (χ1v) is 11.7. The molecule has 0 saturated carbocycles. The number of hydrogen-bond acceptors (Lipinski definition) is 7. The van der Waals surface area contributed by atoms with E-state index in [1.165, 1.54) is 6.20 Å². The number of likely N-dealkylation sites (N-methyl/N-ethyl adjacent to an activating group) is 1. The van der Waals surface area contributed by atoms with Crippen molar-refractivity contribution in [1.29, 1.82) is 0 Å². The monoisotopic (exact) mass is 480 g/mol. The van der Waals surface area contributed by atoms with Crippen LogP contribution in [0.5, 0.6) is 5.75 Å². The van der Waals surface area contributed by atoms with Crippen molar-refractivity contribution in [3.8, 4) is 5.75 Å². The molecule has 0 aliphatic carbocycles. The van der Waals surface area contributed by atoms with Gasteiger partial charge in [-0.2, -0.15) is 0 Å². The minimum Gasteiger partial charge on any atom is -0.406 e. The number of piperazine rings is 1. The van der Waals surface area contributed by atoms with E-state index in [9.17, 15) is 21.6 Å². The first-order valence-electron chi connectivity index (χ1n) is 10.2. The third-order valence-corrected chi connectivity index (χ3v) is 7.20. The van der Waals surface area contributed by atoms with Gasteiger partial charge in [0.15, 0.2) is 0 Å². The maximum Gasteiger partial charge on any atom is 0.573 e. The number of aryl methyl sites for hydroxylation is 1. The average molecular weight is 481 g/mol. The number of anilines is 1. The highest BCUT2D eigenvalue weighted by molar-refractivity contribution is 7.91. The van der Waals surface area contributed by atoms with Crippen molar-refractivity contribution in [2.45, 2.75) is 23.1 Å². The summed E-state index contributed by atoms with van der Waals surface area (Å²) >= 11 is 0. The Labute approximate surface area is 189 Å². The van der Waals surface area contributed by atoms with Gasteiger partial charge in [0.2, 0.25) is 9.84 Å². The van der Waals surface area contributed by atoms with Crippen LogP contribution in [-0.2, 0) is 9.84 Å². The summed E-state index contributed by atoms with van der Waals surface area (Å²) in [4.78, 5) is 6.29. The van der Waals surface area contributed by atoms with Gasteiger partial charge in [0.1, 0.15) is 10.6 Å². The molecular weight excluding hydrogens is 457 g/mol.